The Labute approximate surface area is 161 Å². The Morgan fingerprint density at radius 1 is 0.963 bits per heavy atom. The lowest BCUT2D eigenvalue weighted by Crippen LogP contribution is -2.42. The number of nitrogens with one attached hydrogen (secondary N) is 2. The summed E-state index contributed by atoms with van der Waals surface area (Å²) >= 11 is 0. The SMILES string of the molecule is CCOc1ccccc1NC(=O)C(C)(C)C(=O)Nc1c(C)cc(C)cc1C. The molecule has 2 rings (SSSR count). The quantitative estimate of drug-likeness (QED) is 0.732. The average molecular weight is 368 g/mol. The Morgan fingerprint density at radius 3 is 2.11 bits per heavy atom. The van der Waals surface area contributed by atoms with Gasteiger partial charge in [0.25, 0.3) is 0 Å². The molecule has 0 bridgehead atoms. The van der Waals surface area contributed by atoms with Crippen LogP contribution in [0, 0.1) is 26.2 Å². The van der Waals surface area contributed by atoms with Gasteiger partial charge >= 0.3 is 0 Å². The molecule has 2 aromatic carbocycles. The number of carbonyl (C=O) groups excluding carboxylic acids is 2. The molecular weight excluding hydrogens is 340 g/mol. The molecule has 0 saturated carbocycles. The van der Waals surface area contributed by atoms with Gasteiger partial charge < -0.3 is 15.4 Å². The van der Waals surface area contributed by atoms with E-state index in [2.05, 4.69) is 10.6 Å². The Hall–Kier alpha value is -2.82. The molecule has 27 heavy (non-hydrogen) atoms. The molecule has 0 radical (unpaired) electrons. The Kier molecular flexibility index (Phi) is 6.26. The highest BCUT2D eigenvalue weighted by Crippen LogP contribution is 2.29. The van der Waals surface area contributed by atoms with Crippen LogP contribution < -0.4 is 15.4 Å². The van der Waals surface area contributed by atoms with Gasteiger partial charge in [0.05, 0.1) is 12.3 Å². The van der Waals surface area contributed by atoms with E-state index in [1.54, 1.807) is 26.0 Å². The third kappa shape index (κ3) is 4.67. The van der Waals surface area contributed by atoms with Gasteiger partial charge in [0.1, 0.15) is 11.2 Å². The molecule has 2 aromatic rings. The first-order valence-corrected chi connectivity index (χ1v) is 9.09. The van der Waals surface area contributed by atoms with Crippen LogP contribution in [-0.2, 0) is 9.59 Å². The fourth-order valence-electron chi connectivity index (χ4n) is 2.88. The van der Waals surface area contributed by atoms with Crippen molar-refractivity contribution in [3.63, 3.8) is 0 Å². The zero-order valence-corrected chi connectivity index (χ0v) is 16.9. The van der Waals surface area contributed by atoms with Crippen LogP contribution >= 0.6 is 0 Å². The van der Waals surface area contributed by atoms with Crippen LogP contribution in [0.15, 0.2) is 36.4 Å². The summed E-state index contributed by atoms with van der Waals surface area (Å²) in [5.74, 6) is -0.173. The predicted octanol–water partition coefficient (Wildman–Crippen LogP) is 4.61. The predicted molar refractivity (Wildman–Crippen MR) is 109 cm³/mol. The standard InChI is InChI=1S/C22H28N2O3/c1-7-27-18-11-9-8-10-17(18)23-20(25)22(5,6)21(26)24-19-15(3)12-14(2)13-16(19)4/h8-13H,7H2,1-6H3,(H,23,25)(H,24,26). The molecule has 5 heteroatoms. The molecule has 0 heterocycles. The van der Waals surface area contributed by atoms with Gasteiger partial charge in [-0.1, -0.05) is 29.8 Å². The summed E-state index contributed by atoms with van der Waals surface area (Å²) < 4.78 is 5.53. The maximum absolute atomic E-state index is 12.9. The number of para-hydroxylation sites is 2. The van der Waals surface area contributed by atoms with E-state index >= 15 is 0 Å². The van der Waals surface area contributed by atoms with Crippen LogP contribution in [0.5, 0.6) is 5.75 Å². The number of aryl methyl sites for hydroxylation is 3. The number of hydrogen-bond donors (Lipinski definition) is 2. The minimum atomic E-state index is -1.26. The summed E-state index contributed by atoms with van der Waals surface area (Å²) in [6.45, 7) is 11.5. The third-order valence-electron chi connectivity index (χ3n) is 4.49. The van der Waals surface area contributed by atoms with Crippen molar-refractivity contribution in [2.75, 3.05) is 17.2 Å². The molecule has 0 aliphatic carbocycles. The zero-order chi connectivity index (χ0) is 20.2. The van der Waals surface area contributed by atoms with E-state index in [1.807, 2.05) is 52.0 Å². The lowest BCUT2D eigenvalue weighted by Gasteiger charge is -2.24. The number of anilines is 2. The number of ether oxygens (including phenoxy) is 1. The number of rotatable bonds is 6. The first-order valence-electron chi connectivity index (χ1n) is 9.09. The molecule has 5 nitrogen and oxygen atoms in total. The van der Waals surface area contributed by atoms with E-state index in [0.29, 0.717) is 18.0 Å². The average Bonchev–Trinajstić information content (AvgIpc) is 2.59. The first-order chi connectivity index (χ1) is 12.7. The van der Waals surface area contributed by atoms with Gasteiger partial charge in [-0.15, -0.1) is 0 Å². The monoisotopic (exact) mass is 368 g/mol. The highest BCUT2D eigenvalue weighted by Gasteiger charge is 2.37. The van der Waals surface area contributed by atoms with Crippen molar-refractivity contribution in [2.24, 2.45) is 5.41 Å². The highest BCUT2D eigenvalue weighted by molar-refractivity contribution is 6.14. The Morgan fingerprint density at radius 2 is 1.52 bits per heavy atom. The fourth-order valence-corrected chi connectivity index (χ4v) is 2.88. The van der Waals surface area contributed by atoms with Gasteiger partial charge in [-0.05, 0) is 64.8 Å². The molecule has 0 unspecified atom stereocenters. The van der Waals surface area contributed by atoms with Crippen LogP contribution in [-0.4, -0.2) is 18.4 Å². The second-order valence-electron chi connectivity index (χ2n) is 7.24. The van der Waals surface area contributed by atoms with Crippen LogP contribution in [0.4, 0.5) is 11.4 Å². The van der Waals surface area contributed by atoms with Crippen molar-refractivity contribution in [3.8, 4) is 5.75 Å². The number of carbonyl (C=O) groups is 2. The summed E-state index contributed by atoms with van der Waals surface area (Å²) in [5, 5.41) is 5.74. The van der Waals surface area contributed by atoms with Gasteiger partial charge in [0, 0.05) is 5.69 Å². The van der Waals surface area contributed by atoms with Crippen molar-refractivity contribution >= 4 is 23.2 Å². The molecule has 2 N–H and O–H groups in total. The van der Waals surface area contributed by atoms with Crippen molar-refractivity contribution in [1.82, 2.24) is 0 Å². The van der Waals surface area contributed by atoms with Crippen molar-refractivity contribution < 1.29 is 14.3 Å². The summed E-state index contributed by atoms with van der Waals surface area (Å²) in [6, 6.07) is 11.2. The van der Waals surface area contributed by atoms with E-state index in [4.69, 9.17) is 4.74 Å². The summed E-state index contributed by atoms with van der Waals surface area (Å²) in [6.07, 6.45) is 0. The largest absolute Gasteiger partial charge is 0.492 e. The maximum Gasteiger partial charge on any atom is 0.239 e. The van der Waals surface area contributed by atoms with Gasteiger partial charge in [-0.3, -0.25) is 9.59 Å². The summed E-state index contributed by atoms with van der Waals surface area (Å²) in [7, 11) is 0. The van der Waals surface area contributed by atoms with Crippen LogP contribution in [0.25, 0.3) is 0 Å². The molecule has 0 fully saturated rings. The molecule has 0 aliphatic heterocycles. The third-order valence-corrected chi connectivity index (χ3v) is 4.49. The van der Waals surface area contributed by atoms with E-state index in [9.17, 15) is 9.59 Å². The van der Waals surface area contributed by atoms with E-state index in [-0.39, 0.29) is 5.91 Å². The second kappa shape index (κ2) is 8.25. The molecular formula is C22H28N2O3. The molecule has 2 amide bonds. The van der Waals surface area contributed by atoms with Crippen LogP contribution in [0.2, 0.25) is 0 Å². The molecule has 0 aromatic heterocycles. The maximum atomic E-state index is 12.9. The lowest BCUT2D eigenvalue weighted by atomic mass is 9.90. The van der Waals surface area contributed by atoms with E-state index < -0.39 is 11.3 Å². The number of benzene rings is 2. The Bertz CT molecular complexity index is 833. The minimum Gasteiger partial charge on any atom is -0.492 e. The zero-order valence-electron chi connectivity index (χ0n) is 16.9. The van der Waals surface area contributed by atoms with Crippen molar-refractivity contribution in [2.45, 2.75) is 41.5 Å². The first kappa shape index (κ1) is 20.5. The molecule has 0 spiro atoms. The van der Waals surface area contributed by atoms with Crippen molar-refractivity contribution in [1.29, 1.82) is 0 Å². The molecule has 0 saturated heterocycles. The fraction of sp³-hybridized carbons (Fsp3) is 0.364. The highest BCUT2D eigenvalue weighted by atomic mass is 16.5. The second-order valence-corrected chi connectivity index (χ2v) is 7.24. The van der Waals surface area contributed by atoms with Crippen LogP contribution in [0.3, 0.4) is 0 Å². The topological polar surface area (TPSA) is 67.4 Å². The van der Waals surface area contributed by atoms with Crippen LogP contribution in [0.1, 0.15) is 37.5 Å². The number of hydrogen-bond acceptors (Lipinski definition) is 3. The van der Waals surface area contributed by atoms with Gasteiger partial charge in [0.15, 0.2) is 0 Å². The molecule has 0 aliphatic rings. The van der Waals surface area contributed by atoms with E-state index in [0.717, 1.165) is 22.4 Å². The van der Waals surface area contributed by atoms with Crippen molar-refractivity contribution in [3.05, 3.63) is 53.1 Å². The minimum absolute atomic E-state index is 0.357. The van der Waals surface area contributed by atoms with E-state index in [1.165, 1.54) is 0 Å². The molecule has 144 valence electrons. The van der Waals surface area contributed by atoms with Gasteiger partial charge in [-0.2, -0.15) is 0 Å². The smallest absolute Gasteiger partial charge is 0.239 e. The summed E-state index contributed by atoms with van der Waals surface area (Å²) in [5.41, 5.74) is 3.11. The van der Waals surface area contributed by atoms with Gasteiger partial charge in [0.2, 0.25) is 11.8 Å². The Balaban J connectivity index is 2.20. The molecule has 0 atom stereocenters. The summed E-state index contributed by atoms with van der Waals surface area (Å²) in [4.78, 5) is 25.7. The van der Waals surface area contributed by atoms with Gasteiger partial charge in [-0.25, -0.2) is 0 Å². The normalized spacial score (nSPS) is 11.0. The lowest BCUT2D eigenvalue weighted by molar-refractivity contribution is -0.135. The number of amides is 2.